The molecule has 0 radical (unpaired) electrons. The minimum absolute atomic E-state index is 0.387. The van der Waals surface area contributed by atoms with Gasteiger partial charge < -0.3 is 5.32 Å². The number of nitrogens with one attached hydrogen (secondary N) is 2. The first kappa shape index (κ1) is 14.9. The molecule has 0 aromatic heterocycles. The molecule has 7 heteroatoms. The van der Waals surface area contributed by atoms with Gasteiger partial charge in [-0.25, -0.2) is 8.42 Å². The van der Waals surface area contributed by atoms with Crippen molar-refractivity contribution >= 4 is 33.0 Å². The Balaban J connectivity index is 1.77. The average Bonchev–Trinajstić information content (AvgIpc) is 2.96. The van der Waals surface area contributed by atoms with Crippen LogP contribution in [0.5, 0.6) is 0 Å². The molecule has 2 N–H and O–H groups in total. The van der Waals surface area contributed by atoms with Crippen molar-refractivity contribution in [3.63, 3.8) is 0 Å². The standard InChI is InChI=1S/C14H20ClN3O2S/c1-21(19,20)17-10-4-5-11(15)13(9-10)16-12-6-8-18-7-2-3-14(12)18/h4-5,9,12,14,16-17H,2-3,6-8H2,1H3. The third-order valence-corrected chi connectivity index (χ3v) is 5.15. The Morgan fingerprint density at radius 2 is 2.10 bits per heavy atom. The SMILES string of the molecule is CS(=O)(=O)Nc1ccc(Cl)c(NC2CCN3CCCC23)c1. The van der Waals surface area contributed by atoms with E-state index >= 15 is 0 Å². The molecule has 2 saturated heterocycles. The number of rotatable bonds is 4. The number of anilines is 2. The monoisotopic (exact) mass is 329 g/mol. The quantitative estimate of drug-likeness (QED) is 0.890. The number of fused-ring (bicyclic) bond motifs is 1. The van der Waals surface area contributed by atoms with Crippen molar-refractivity contribution in [3.8, 4) is 0 Å². The van der Waals surface area contributed by atoms with Gasteiger partial charge in [-0.15, -0.1) is 0 Å². The van der Waals surface area contributed by atoms with Gasteiger partial charge in [-0.1, -0.05) is 11.6 Å². The Bertz CT molecular complexity index is 635. The molecule has 0 amide bonds. The van der Waals surface area contributed by atoms with E-state index in [2.05, 4.69) is 14.9 Å². The lowest BCUT2D eigenvalue weighted by Gasteiger charge is -2.23. The van der Waals surface area contributed by atoms with Crippen LogP contribution in [0.2, 0.25) is 5.02 Å². The lowest BCUT2D eigenvalue weighted by atomic mass is 10.1. The summed E-state index contributed by atoms with van der Waals surface area (Å²) in [6.07, 6.45) is 4.72. The summed E-state index contributed by atoms with van der Waals surface area (Å²) in [6, 6.07) is 6.12. The van der Waals surface area contributed by atoms with E-state index in [1.165, 1.54) is 19.4 Å². The van der Waals surface area contributed by atoms with Crippen LogP contribution < -0.4 is 10.0 Å². The molecule has 116 valence electrons. The second kappa shape index (κ2) is 5.66. The highest BCUT2D eigenvalue weighted by molar-refractivity contribution is 7.92. The van der Waals surface area contributed by atoms with Gasteiger partial charge >= 0.3 is 0 Å². The van der Waals surface area contributed by atoms with E-state index in [4.69, 9.17) is 11.6 Å². The largest absolute Gasteiger partial charge is 0.379 e. The van der Waals surface area contributed by atoms with Gasteiger partial charge in [-0.3, -0.25) is 9.62 Å². The zero-order valence-electron chi connectivity index (χ0n) is 12.0. The zero-order chi connectivity index (χ0) is 15.0. The van der Waals surface area contributed by atoms with E-state index in [0.717, 1.165) is 24.9 Å². The molecule has 3 rings (SSSR count). The smallest absolute Gasteiger partial charge is 0.229 e. The summed E-state index contributed by atoms with van der Waals surface area (Å²) < 4.78 is 25.1. The predicted molar refractivity (Wildman–Crippen MR) is 86.5 cm³/mol. The molecule has 5 nitrogen and oxygen atoms in total. The van der Waals surface area contributed by atoms with Gasteiger partial charge in [0.2, 0.25) is 10.0 Å². The van der Waals surface area contributed by atoms with Gasteiger partial charge in [0, 0.05) is 18.6 Å². The second-order valence-electron chi connectivity index (χ2n) is 5.85. The van der Waals surface area contributed by atoms with Crippen LogP contribution >= 0.6 is 11.6 Å². The first-order valence-electron chi connectivity index (χ1n) is 7.20. The van der Waals surface area contributed by atoms with Crippen molar-refractivity contribution in [1.82, 2.24) is 4.90 Å². The maximum absolute atomic E-state index is 11.3. The topological polar surface area (TPSA) is 61.4 Å². The lowest BCUT2D eigenvalue weighted by Crippen LogP contribution is -2.33. The van der Waals surface area contributed by atoms with Gasteiger partial charge in [0.15, 0.2) is 0 Å². The number of nitrogens with zero attached hydrogens (tertiary/aromatic N) is 1. The van der Waals surface area contributed by atoms with Crippen LogP contribution in [0.25, 0.3) is 0 Å². The molecule has 0 bridgehead atoms. The molecule has 2 heterocycles. The minimum Gasteiger partial charge on any atom is -0.379 e. The third-order valence-electron chi connectivity index (χ3n) is 4.22. The summed E-state index contributed by atoms with van der Waals surface area (Å²) >= 11 is 6.24. The first-order chi connectivity index (χ1) is 9.92. The van der Waals surface area contributed by atoms with Crippen LogP contribution in [-0.4, -0.2) is 44.7 Å². The van der Waals surface area contributed by atoms with E-state index in [1.54, 1.807) is 18.2 Å². The summed E-state index contributed by atoms with van der Waals surface area (Å²) in [7, 11) is -3.28. The molecule has 2 atom stereocenters. The fourth-order valence-corrected chi connectivity index (χ4v) is 4.09. The lowest BCUT2D eigenvalue weighted by molar-refractivity contribution is 0.318. The number of hydrogen-bond donors (Lipinski definition) is 2. The Hall–Kier alpha value is -0.980. The fraction of sp³-hybridized carbons (Fsp3) is 0.571. The number of benzene rings is 1. The molecule has 1 aromatic rings. The van der Waals surface area contributed by atoms with E-state index in [-0.39, 0.29) is 0 Å². The summed E-state index contributed by atoms with van der Waals surface area (Å²) in [6.45, 7) is 2.31. The van der Waals surface area contributed by atoms with Gasteiger partial charge in [0.05, 0.1) is 22.7 Å². The van der Waals surface area contributed by atoms with Gasteiger partial charge in [0.1, 0.15) is 0 Å². The highest BCUT2D eigenvalue weighted by atomic mass is 35.5. The maximum atomic E-state index is 11.3. The number of hydrogen-bond acceptors (Lipinski definition) is 4. The van der Waals surface area contributed by atoms with Crippen molar-refractivity contribution in [2.75, 3.05) is 29.4 Å². The molecule has 0 aliphatic carbocycles. The van der Waals surface area contributed by atoms with E-state index in [9.17, 15) is 8.42 Å². The van der Waals surface area contributed by atoms with Crippen LogP contribution in [-0.2, 0) is 10.0 Å². The Kier molecular flexibility index (Phi) is 4.03. The Morgan fingerprint density at radius 3 is 2.86 bits per heavy atom. The molecule has 0 spiro atoms. The van der Waals surface area contributed by atoms with Crippen molar-refractivity contribution in [1.29, 1.82) is 0 Å². The van der Waals surface area contributed by atoms with Crippen LogP contribution in [0.3, 0.4) is 0 Å². The number of halogens is 1. The summed E-state index contributed by atoms with van der Waals surface area (Å²) in [5, 5.41) is 4.11. The van der Waals surface area contributed by atoms with Crippen molar-refractivity contribution in [2.45, 2.75) is 31.3 Å². The van der Waals surface area contributed by atoms with Gasteiger partial charge in [0.25, 0.3) is 0 Å². The molecular formula is C14H20ClN3O2S. The molecule has 21 heavy (non-hydrogen) atoms. The van der Waals surface area contributed by atoms with Crippen molar-refractivity contribution < 1.29 is 8.42 Å². The minimum atomic E-state index is -3.28. The maximum Gasteiger partial charge on any atom is 0.229 e. The summed E-state index contributed by atoms with van der Waals surface area (Å²) in [4.78, 5) is 2.52. The summed E-state index contributed by atoms with van der Waals surface area (Å²) in [5.74, 6) is 0. The van der Waals surface area contributed by atoms with E-state index in [1.807, 2.05) is 0 Å². The number of sulfonamides is 1. The first-order valence-corrected chi connectivity index (χ1v) is 9.47. The van der Waals surface area contributed by atoms with Crippen molar-refractivity contribution in [3.05, 3.63) is 23.2 Å². The highest BCUT2D eigenvalue weighted by Crippen LogP contribution is 2.33. The second-order valence-corrected chi connectivity index (χ2v) is 8.01. The normalized spacial score (nSPS) is 25.8. The average molecular weight is 330 g/mol. The fourth-order valence-electron chi connectivity index (χ4n) is 3.36. The Morgan fingerprint density at radius 1 is 1.29 bits per heavy atom. The molecule has 2 fully saturated rings. The van der Waals surface area contributed by atoms with Crippen LogP contribution in [0.1, 0.15) is 19.3 Å². The van der Waals surface area contributed by atoms with Crippen LogP contribution in [0.15, 0.2) is 18.2 Å². The molecular weight excluding hydrogens is 310 g/mol. The highest BCUT2D eigenvalue weighted by Gasteiger charge is 2.37. The van der Waals surface area contributed by atoms with E-state index in [0.29, 0.717) is 22.8 Å². The summed E-state index contributed by atoms with van der Waals surface area (Å²) in [5.41, 5.74) is 1.33. The molecule has 0 saturated carbocycles. The van der Waals surface area contributed by atoms with Crippen molar-refractivity contribution in [2.24, 2.45) is 0 Å². The molecule has 2 aliphatic rings. The zero-order valence-corrected chi connectivity index (χ0v) is 13.5. The van der Waals surface area contributed by atoms with Crippen LogP contribution in [0.4, 0.5) is 11.4 Å². The predicted octanol–water partition coefficient (Wildman–Crippen LogP) is 2.36. The Labute approximate surface area is 130 Å². The molecule has 2 aliphatic heterocycles. The van der Waals surface area contributed by atoms with Gasteiger partial charge in [-0.2, -0.15) is 0 Å². The third kappa shape index (κ3) is 3.44. The molecule has 1 aromatic carbocycles. The van der Waals surface area contributed by atoms with Crippen LogP contribution in [0, 0.1) is 0 Å². The van der Waals surface area contributed by atoms with E-state index < -0.39 is 10.0 Å². The van der Waals surface area contributed by atoms with Gasteiger partial charge in [-0.05, 0) is 44.0 Å². The molecule has 2 unspecified atom stereocenters.